The number of aliphatic hydroxyl groups is 1. The first-order valence-corrected chi connectivity index (χ1v) is 18.5. The molecule has 2 amide bonds. The molecule has 13 nitrogen and oxygen atoms in total. The fourth-order valence-corrected chi connectivity index (χ4v) is 7.00. The second-order valence-electron chi connectivity index (χ2n) is 13.5. The van der Waals surface area contributed by atoms with Crippen LogP contribution in [0.5, 0.6) is 0 Å². The van der Waals surface area contributed by atoms with Crippen molar-refractivity contribution < 1.29 is 46.9 Å². The van der Waals surface area contributed by atoms with E-state index in [1.54, 1.807) is 25.1 Å². The fourth-order valence-electron chi connectivity index (χ4n) is 6.27. The summed E-state index contributed by atoms with van der Waals surface area (Å²) in [5.74, 6) is -0.717. The first-order valence-electron chi connectivity index (χ1n) is 17.0. The monoisotopic (exact) mass is 717 g/mol. The molecule has 3 heterocycles. The SMILES string of the molecule is CNS(=O)(=O)c1ccc(CNC(=O)C[C@@H]2C[C@@]3(CO3)[C@H](O)[C@@H](/C=C/C(C)=C/C[C@@H]3O[C@H](C)[C@H](NC(=O)/C=C\C(C)OC(C)=O)C[C@@H]3C)O2)cc1. The smallest absolute Gasteiger partial charge is 0.303 e. The summed E-state index contributed by atoms with van der Waals surface area (Å²) in [6, 6.07) is 6.12. The van der Waals surface area contributed by atoms with Gasteiger partial charge < -0.3 is 34.7 Å². The van der Waals surface area contributed by atoms with Gasteiger partial charge in [-0.15, -0.1) is 0 Å². The van der Waals surface area contributed by atoms with Crippen molar-refractivity contribution in [1.82, 2.24) is 15.4 Å². The summed E-state index contributed by atoms with van der Waals surface area (Å²) < 4.78 is 49.3. The fraction of sp³-hybridized carbons (Fsp3) is 0.583. The van der Waals surface area contributed by atoms with Crippen molar-refractivity contribution in [1.29, 1.82) is 0 Å². The van der Waals surface area contributed by atoms with Gasteiger partial charge in [-0.2, -0.15) is 0 Å². The zero-order valence-corrected chi connectivity index (χ0v) is 30.4. The Bertz CT molecular complexity index is 1550. The van der Waals surface area contributed by atoms with Crippen LogP contribution in [0.25, 0.3) is 0 Å². The van der Waals surface area contributed by atoms with Crippen LogP contribution in [0.4, 0.5) is 0 Å². The molecule has 3 fully saturated rings. The van der Waals surface area contributed by atoms with E-state index in [2.05, 4.69) is 28.4 Å². The van der Waals surface area contributed by atoms with Gasteiger partial charge in [0.25, 0.3) is 0 Å². The van der Waals surface area contributed by atoms with Crippen molar-refractivity contribution in [3.05, 3.63) is 65.8 Å². The molecule has 3 aliphatic heterocycles. The molecule has 3 saturated heterocycles. The third-order valence-electron chi connectivity index (χ3n) is 9.33. The standard InChI is InChI=1S/C36H51N3O10S/c1-22(7-14-31-23(2)17-30(25(4)48-31)39-33(41)16-9-24(3)47-26(5)40)8-15-32-35(43)36(21-46-36)19-28(49-32)18-34(42)38-20-27-10-12-29(13-11-27)50(44,45)37-6/h7-13,15-16,23-25,28,30-32,35,37,43H,14,17-21H2,1-6H3,(H,38,42)(H,39,41)/b15-8+,16-9-,22-7+/t23-,24?,25+,28+,30+,31-,32+,35+,36+/m0/s1. The predicted octanol–water partition coefficient (Wildman–Crippen LogP) is 2.59. The number of ether oxygens (including phenoxy) is 4. The quantitative estimate of drug-likeness (QED) is 0.0967. The number of amides is 2. The molecule has 1 aromatic rings. The summed E-state index contributed by atoms with van der Waals surface area (Å²) in [4.78, 5) is 36.5. The van der Waals surface area contributed by atoms with Crippen LogP contribution in [-0.2, 0) is 49.9 Å². The van der Waals surface area contributed by atoms with Crippen molar-refractivity contribution >= 4 is 27.8 Å². The largest absolute Gasteiger partial charge is 0.459 e. The topological polar surface area (TPSA) is 182 Å². The van der Waals surface area contributed by atoms with Gasteiger partial charge in [0.2, 0.25) is 21.8 Å². The summed E-state index contributed by atoms with van der Waals surface area (Å²) in [6.07, 6.45) is 7.89. The lowest BCUT2D eigenvalue weighted by atomic mass is 9.87. The predicted molar refractivity (Wildman–Crippen MR) is 185 cm³/mol. The average Bonchev–Trinajstić information content (AvgIpc) is 3.84. The number of epoxide rings is 1. The first kappa shape index (κ1) is 39.4. The van der Waals surface area contributed by atoms with E-state index in [0.717, 1.165) is 17.6 Å². The van der Waals surface area contributed by atoms with E-state index in [4.69, 9.17) is 18.9 Å². The number of nitrogens with one attached hydrogen (secondary N) is 3. The van der Waals surface area contributed by atoms with Gasteiger partial charge in [0.15, 0.2) is 0 Å². The van der Waals surface area contributed by atoms with Crippen LogP contribution < -0.4 is 15.4 Å². The van der Waals surface area contributed by atoms with Gasteiger partial charge in [0, 0.05) is 26.0 Å². The van der Waals surface area contributed by atoms with Gasteiger partial charge in [-0.1, -0.05) is 42.9 Å². The molecule has 0 bridgehead atoms. The summed E-state index contributed by atoms with van der Waals surface area (Å²) in [7, 11) is -2.19. The van der Waals surface area contributed by atoms with Crippen molar-refractivity contribution in [2.45, 2.75) is 120 Å². The zero-order valence-electron chi connectivity index (χ0n) is 29.6. The Kier molecular flexibility index (Phi) is 13.6. The Hall–Kier alpha value is -3.40. The zero-order chi connectivity index (χ0) is 36.6. The summed E-state index contributed by atoms with van der Waals surface area (Å²) in [5.41, 5.74) is 0.990. The summed E-state index contributed by atoms with van der Waals surface area (Å²) >= 11 is 0. The van der Waals surface area contributed by atoms with Gasteiger partial charge >= 0.3 is 5.97 Å². The van der Waals surface area contributed by atoms with Gasteiger partial charge in [-0.3, -0.25) is 14.4 Å². The van der Waals surface area contributed by atoms with Crippen LogP contribution in [0.3, 0.4) is 0 Å². The average molecular weight is 718 g/mol. The van der Waals surface area contributed by atoms with Crippen molar-refractivity contribution in [2.75, 3.05) is 13.7 Å². The molecule has 4 N–H and O–H groups in total. The Morgan fingerprint density at radius 1 is 1.12 bits per heavy atom. The van der Waals surface area contributed by atoms with E-state index < -0.39 is 46.0 Å². The number of rotatable bonds is 14. The highest BCUT2D eigenvalue weighted by atomic mass is 32.2. The molecule has 0 aliphatic carbocycles. The minimum absolute atomic E-state index is 0.0390. The number of hydrogen-bond acceptors (Lipinski definition) is 10. The number of benzene rings is 1. The number of carbonyl (C=O) groups is 3. The molecular formula is C36H51N3O10S. The van der Waals surface area contributed by atoms with Gasteiger partial charge in [0.1, 0.15) is 23.9 Å². The van der Waals surface area contributed by atoms with Crippen molar-refractivity contribution in [3.8, 4) is 0 Å². The van der Waals surface area contributed by atoms with E-state index in [0.29, 0.717) is 19.4 Å². The van der Waals surface area contributed by atoms with E-state index in [1.165, 1.54) is 38.3 Å². The highest BCUT2D eigenvalue weighted by Crippen LogP contribution is 2.43. The third-order valence-corrected chi connectivity index (χ3v) is 10.8. The van der Waals surface area contributed by atoms with Crippen LogP contribution in [0.2, 0.25) is 0 Å². The number of hydrogen-bond donors (Lipinski definition) is 4. The molecule has 0 aromatic heterocycles. The summed E-state index contributed by atoms with van der Waals surface area (Å²) in [6.45, 7) is 9.64. The maximum absolute atomic E-state index is 12.8. The van der Waals surface area contributed by atoms with Gasteiger partial charge in [-0.25, -0.2) is 13.1 Å². The number of allylic oxidation sites excluding steroid dienone is 2. The second kappa shape index (κ2) is 17.2. The number of esters is 1. The maximum Gasteiger partial charge on any atom is 0.303 e. The molecule has 3 aliphatic rings. The van der Waals surface area contributed by atoms with Crippen LogP contribution >= 0.6 is 0 Å². The molecule has 1 spiro atoms. The molecule has 0 radical (unpaired) electrons. The van der Waals surface area contributed by atoms with E-state index in [9.17, 15) is 27.9 Å². The molecular weight excluding hydrogens is 666 g/mol. The molecule has 4 rings (SSSR count). The lowest BCUT2D eigenvalue weighted by molar-refractivity contribution is -0.145. The van der Waals surface area contributed by atoms with Gasteiger partial charge in [0.05, 0.1) is 42.3 Å². The van der Waals surface area contributed by atoms with E-state index in [-0.39, 0.29) is 53.8 Å². The van der Waals surface area contributed by atoms with Crippen LogP contribution in [0.15, 0.2) is 65.1 Å². The Morgan fingerprint density at radius 3 is 2.46 bits per heavy atom. The molecule has 14 heteroatoms. The molecule has 9 atom stereocenters. The van der Waals surface area contributed by atoms with Crippen LogP contribution in [0, 0.1) is 5.92 Å². The number of aliphatic hydroxyl groups excluding tert-OH is 1. The van der Waals surface area contributed by atoms with Crippen LogP contribution in [0.1, 0.15) is 65.9 Å². The third kappa shape index (κ3) is 11.0. The lowest BCUT2D eigenvalue weighted by Gasteiger charge is -2.39. The Balaban J connectivity index is 1.25. The van der Waals surface area contributed by atoms with Gasteiger partial charge in [-0.05, 0) is 70.4 Å². The lowest BCUT2D eigenvalue weighted by Crippen LogP contribution is -2.50. The highest BCUT2D eigenvalue weighted by molar-refractivity contribution is 7.89. The Labute approximate surface area is 294 Å². The molecule has 1 unspecified atom stereocenters. The Morgan fingerprint density at radius 2 is 1.82 bits per heavy atom. The number of sulfonamides is 1. The highest BCUT2D eigenvalue weighted by Gasteiger charge is 2.58. The van der Waals surface area contributed by atoms with Crippen LogP contribution in [-0.4, -0.2) is 93.2 Å². The summed E-state index contributed by atoms with van der Waals surface area (Å²) in [5, 5.41) is 16.9. The van der Waals surface area contributed by atoms with E-state index in [1.807, 2.05) is 19.9 Å². The maximum atomic E-state index is 12.8. The van der Waals surface area contributed by atoms with Crippen molar-refractivity contribution in [2.24, 2.45) is 5.92 Å². The minimum Gasteiger partial charge on any atom is -0.459 e. The van der Waals surface area contributed by atoms with E-state index >= 15 is 0 Å². The number of carbonyl (C=O) groups excluding carboxylic acids is 3. The van der Waals surface area contributed by atoms with Crippen molar-refractivity contribution in [3.63, 3.8) is 0 Å². The molecule has 50 heavy (non-hydrogen) atoms. The first-order chi connectivity index (χ1) is 23.6. The molecule has 0 saturated carbocycles. The molecule has 1 aromatic carbocycles. The normalized spacial score (nSPS) is 30.7. The second-order valence-corrected chi connectivity index (χ2v) is 15.4. The minimum atomic E-state index is -3.54. The molecule has 276 valence electrons.